The number of fused-ring (bicyclic) bond motifs is 1. The molecule has 0 saturated carbocycles. The van der Waals surface area contributed by atoms with Crippen LogP contribution in [0.4, 0.5) is 0 Å². The second-order valence-corrected chi connectivity index (χ2v) is 6.57. The summed E-state index contributed by atoms with van der Waals surface area (Å²) in [5.74, 6) is -0.988. The summed E-state index contributed by atoms with van der Waals surface area (Å²) in [7, 11) is 0. The summed E-state index contributed by atoms with van der Waals surface area (Å²) >= 11 is 0. The number of nitrogens with one attached hydrogen (secondary N) is 2. The van der Waals surface area contributed by atoms with Crippen LogP contribution in [0.3, 0.4) is 0 Å². The van der Waals surface area contributed by atoms with E-state index in [9.17, 15) is 14.4 Å². The zero-order valence-electron chi connectivity index (χ0n) is 14.8. The van der Waals surface area contributed by atoms with Gasteiger partial charge in [-0.2, -0.15) is 5.10 Å². The Labute approximate surface area is 150 Å². The first kappa shape index (κ1) is 18.1. The third kappa shape index (κ3) is 3.60. The lowest BCUT2D eigenvalue weighted by atomic mass is 10.00. The van der Waals surface area contributed by atoms with Crippen LogP contribution in [0.25, 0.3) is 10.8 Å². The van der Waals surface area contributed by atoms with Crippen LogP contribution in [0, 0.1) is 5.92 Å². The zero-order valence-corrected chi connectivity index (χ0v) is 14.8. The number of hydrogen-bond acceptors (Lipinski definition) is 5. The van der Waals surface area contributed by atoms with Crippen LogP contribution in [0.2, 0.25) is 0 Å². The molecule has 0 atom stereocenters. The van der Waals surface area contributed by atoms with Crippen molar-refractivity contribution in [2.24, 2.45) is 5.92 Å². The number of hydrogen-bond donors (Lipinski definition) is 2. The van der Waals surface area contributed by atoms with E-state index in [0.717, 1.165) is 0 Å². The van der Waals surface area contributed by atoms with Crippen molar-refractivity contribution >= 4 is 22.6 Å². The number of carbonyl (C=O) groups excluding carboxylic acids is 2. The maximum absolute atomic E-state index is 12.6. The van der Waals surface area contributed by atoms with E-state index in [1.165, 1.54) is 4.68 Å². The van der Waals surface area contributed by atoms with Crippen molar-refractivity contribution in [3.8, 4) is 0 Å². The third-order valence-electron chi connectivity index (χ3n) is 4.42. The molecule has 0 unspecified atom stereocenters. The van der Waals surface area contributed by atoms with Crippen molar-refractivity contribution in [1.82, 2.24) is 20.6 Å². The van der Waals surface area contributed by atoms with Crippen LogP contribution in [0.15, 0.2) is 29.1 Å². The van der Waals surface area contributed by atoms with Gasteiger partial charge in [-0.3, -0.25) is 25.2 Å². The molecule has 1 aliphatic heterocycles. The molecule has 1 saturated heterocycles. The van der Waals surface area contributed by atoms with Crippen LogP contribution in [-0.4, -0.2) is 34.8 Å². The minimum Gasteiger partial charge on any atom is -0.381 e. The molecule has 2 heterocycles. The van der Waals surface area contributed by atoms with Crippen molar-refractivity contribution in [2.75, 3.05) is 13.2 Å². The number of amides is 2. The molecule has 138 valence electrons. The van der Waals surface area contributed by atoms with Crippen molar-refractivity contribution < 1.29 is 14.3 Å². The van der Waals surface area contributed by atoms with Gasteiger partial charge in [-0.05, 0) is 32.8 Å². The first-order valence-corrected chi connectivity index (χ1v) is 8.68. The van der Waals surface area contributed by atoms with Crippen LogP contribution in [0.1, 0.15) is 43.2 Å². The molecule has 8 heteroatoms. The molecular weight excluding hydrogens is 336 g/mol. The predicted octanol–water partition coefficient (Wildman–Crippen LogP) is 1.16. The van der Waals surface area contributed by atoms with E-state index in [1.54, 1.807) is 24.3 Å². The van der Waals surface area contributed by atoms with Gasteiger partial charge in [-0.15, -0.1) is 0 Å². The summed E-state index contributed by atoms with van der Waals surface area (Å²) in [5, 5.41) is 5.08. The second kappa shape index (κ2) is 7.65. The SMILES string of the molecule is CC(C)n1nc(C(=O)NNC(=O)C2CCOCC2)c2ccccc2c1=O. The first-order chi connectivity index (χ1) is 12.5. The highest BCUT2D eigenvalue weighted by molar-refractivity contribution is 6.05. The molecule has 2 amide bonds. The fourth-order valence-electron chi connectivity index (χ4n) is 2.96. The molecule has 8 nitrogen and oxygen atoms in total. The lowest BCUT2D eigenvalue weighted by Gasteiger charge is -2.21. The lowest BCUT2D eigenvalue weighted by Crippen LogP contribution is -2.46. The molecule has 1 fully saturated rings. The summed E-state index contributed by atoms with van der Waals surface area (Å²) in [6, 6.07) is 6.61. The summed E-state index contributed by atoms with van der Waals surface area (Å²) in [4.78, 5) is 37.3. The highest BCUT2D eigenvalue weighted by Crippen LogP contribution is 2.16. The third-order valence-corrected chi connectivity index (χ3v) is 4.42. The van der Waals surface area contributed by atoms with Gasteiger partial charge in [-0.1, -0.05) is 18.2 Å². The topological polar surface area (TPSA) is 102 Å². The van der Waals surface area contributed by atoms with Crippen molar-refractivity contribution in [3.63, 3.8) is 0 Å². The number of hydrazine groups is 1. The molecule has 26 heavy (non-hydrogen) atoms. The normalized spacial score (nSPS) is 15.2. The highest BCUT2D eigenvalue weighted by Gasteiger charge is 2.23. The molecule has 1 aromatic heterocycles. The monoisotopic (exact) mass is 358 g/mol. The lowest BCUT2D eigenvalue weighted by molar-refractivity contribution is -0.128. The predicted molar refractivity (Wildman–Crippen MR) is 95.5 cm³/mol. The molecule has 2 N–H and O–H groups in total. The summed E-state index contributed by atoms with van der Waals surface area (Å²) in [6.07, 6.45) is 1.25. The molecule has 2 aromatic rings. The number of nitrogens with zero attached hydrogens (tertiary/aromatic N) is 2. The van der Waals surface area contributed by atoms with Gasteiger partial charge in [0.25, 0.3) is 11.5 Å². The van der Waals surface area contributed by atoms with E-state index in [4.69, 9.17) is 4.74 Å². The maximum atomic E-state index is 12.6. The Balaban J connectivity index is 1.84. The summed E-state index contributed by atoms with van der Waals surface area (Å²) in [5.41, 5.74) is 4.72. The van der Waals surface area contributed by atoms with Gasteiger partial charge < -0.3 is 4.74 Å². The quantitative estimate of drug-likeness (QED) is 0.802. The Morgan fingerprint density at radius 3 is 2.46 bits per heavy atom. The Hall–Kier alpha value is -2.74. The Morgan fingerprint density at radius 1 is 1.15 bits per heavy atom. The standard InChI is InChI=1S/C18H22N4O4/c1-11(2)22-18(25)14-6-4-3-5-13(14)15(21-22)17(24)20-19-16(23)12-7-9-26-10-8-12/h3-6,11-12H,7-10H2,1-2H3,(H,19,23)(H,20,24). The second-order valence-electron chi connectivity index (χ2n) is 6.57. The van der Waals surface area contributed by atoms with E-state index in [-0.39, 0.29) is 29.1 Å². The van der Waals surface area contributed by atoms with Crippen LogP contribution in [-0.2, 0) is 9.53 Å². The summed E-state index contributed by atoms with van der Waals surface area (Å²) < 4.78 is 6.51. The Bertz CT molecular complexity index is 884. The number of aromatic nitrogens is 2. The van der Waals surface area contributed by atoms with Gasteiger partial charge in [0, 0.05) is 24.5 Å². The Morgan fingerprint density at radius 2 is 1.81 bits per heavy atom. The smallest absolute Gasteiger partial charge is 0.290 e. The number of rotatable bonds is 3. The van der Waals surface area contributed by atoms with Gasteiger partial charge in [0.1, 0.15) is 0 Å². The van der Waals surface area contributed by atoms with Gasteiger partial charge in [0.2, 0.25) is 5.91 Å². The average molecular weight is 358 g/mol. The molecule has 1 aliphatic rings. The van der Waals surface area contributed by atoms with Gasteiger partial charge >= 0.3 is 0 Å². The van der Waals surface area contributed by atoms with Crippen LogP contribution in [0.5, 0.6) is 0 Å². The fraction of sp³-hybridized carbons (Fsp3) is 0.444. The van der Waals surface area contributed by atoms with Crippen LogP contribution >= 0.6 is 0 Å². The molecular formula is C18H22N4O4. The maximum Gasteiger partial charge on any atom is 0.290 e. The van der Waals surface area contributed by atoms with Crippen molar-refractivity contribution in [3.05, 3.63) is 40.3 Å². The molecule has 3 rings (SSSR count). The number of benzene rings is 1. The molecule has 0 spiro atoms. The van der Waals surface area contributed by atoms with Crippen molar-refractivity contribution in [1.29, 1.82) is 0 Å². The van der Waals surface area contributed by atoms with E-state index in [2.05, 4.69) is 16.0 Å². The number of carbonyl (C=O) groups is 2. The van der Waals surface area contributed by atoms with Crippen molar-refractivity contribution in [2.45, 2.75) is 32.7 Å². The average Bonchev–Trinajstić information content (AvgIpc) is 2.66. The van der Waals surface area contributed by atoms with E-state index < -0.39 is 5.91 Å². The van der Waals surface area contributed by atoms with Gasteiger partial charge in [0.05, 0.1) is 11.4 Å². The van der Waals surface area contributed by atoms with Crippen LogP contribution < -0.4 is 16.4 Å². The van der Waals surface area contributed by atoms with Gasteiger partial charge in [0.15, 0.2) is 5.69 Å². The molecule has 0 bridgehead atoms. The van der Waals surface area contributed by atoms with E-state index >= 15 is 0 Å². The zero-order chi connectivity index (χ0) is 18.7. The molecule has 1 aromatic carbocycles. The van der Waals surface area contributed by atoms with Gasteiger partial charge in [-0.25, -0.2) is 4.68 Å². The number of ether oxygens (including phenoxy) is 1. The molecule has 0 aliphatic carbocycles. The first-order valence-electron chi connectivity index (χ1n) is 8.68. The van der Waals surface area contributed by atoms with E-state index in [1.807, 2.05) is 13.8 Å². The minimum absolute atomic E-state index is 0.0983. The fourth-order valence-corrected chi connectivity index (χ4v) is 2.96. The van der Waals surface area contributed by atoms with E-state index in [0.29, 0.717) is 36.8 Å². The summed E-state index contributed by atoms with van der Waals surface area (Å²) in [6.45, 7) is 4.71. The highest BCUT2D eigenvalue weighted by atomic mass is 16.5. The minimum atomic E-state index is -0.559. The Kier molecular flexibility index (Phi) is 5.32. The molecule has 0 radical (unpaired) electrons. The largest absolute Gasteiger partial charge is 0.381 e.